The quantitative estimate of drug-likeness (QED) is 0.481. The van der Waals surface area contributed by atoms with Gasteiger partial charge < -0.3 is 5.32 Å². The molecule has 0 saturated carbocycles. The van der Waals surface area contributed by atoms with Crippen LogP contribution in [0.3, 0.4) is 0 Å². The van der Waals surface area contributed by atoms with Gasteiger partial charge in [0, 0.05) is 16.4 Å². The molecule has 0 saturated heterocycles. The molecule has 3 aromatic rings. The molecule has 0 aromatic heterocycles. The molecule has 11 heteroatoms. The van der Waals surface area contributed by atoms with Gasteiger partial charge in [-0.3, -0.25) is 13.8 Å². The minimum absolute atomic E-state index is 0.0106. The number of carbonyl (C=O) groups is 1. The first kappa shape index (κ1) is 24.6. The third kappa shape index (κ3) is 6.47. The molecule has 1 amide bonds. The SMILES string of the molecule is Cc1ccc(N(CC(=O)Nc2ccc(S(=O)(=O)Nc3ccccc3)cc2)S(C)(=O)=O)cc1Cl. The molecule has 0 aliphatic carbocycles. The zero-order chi connectivity index (χ0) is 24.2. The third-order valence-electron chi connectivity index (χ3n) is 4.61. The smallest absolute Gasteiger partial charge is 0.261 e. The Kier molecular flexibility index (Phi) is 7.31. The van der Waals surface area contributed by atoms with E-state index in [4.69, 9.17) is 11.6 Å². The second-order valence-corrected chi connectivity index (χ2v) is 11.2. The fourth-order valence-electron chi connectivity index (χ4n) is 2.91. The van der Waals surface area contributed by atoms with E-state index in [2.05, 4.69) is 10.0 Å². The Hall–Kier alpha value is -3.08. The zero-order valence-corrected chi connectivity index (χ0v) is 20.2. The number of carbonyl (C=O) groups excluding carboxylic acids is 1. The van der Waals surface area contributed by atoms with Crippen LogP contribution in [0.1, 0.15) is 5.56 Å². The van der Waals surface area contributed by atoms with Crippen LogP contribution >= 0.6 is 11.6 Å². The Labute approximate surface area is 198 Å². The van der Waals surface area contributed by atoms with Crippen LogP contribution < -0.4 is 14.3 Å². The van der Waals surface area contributed by atoms with Crippen molar-refractivity contribution in [3.63, 3.8) is 0 Å². The van der Waals surface area contributed by atoms with Crippen molar-refractivity contribution in [1.29, 1.82) is 0 Å². The number of benzene rings is 3. The van der Waals surface area contributed by atoms with Gasteiger partial charge in [0.25, 0.3) is 10.0 Å². The summed E-state index contributed by atoms with van der Waals surface area (Å²) in [5, 5.41) is 2.95. The van der Waals surface area contributed by atoms with Crippen LogP contribution in [-0.2, 0) is 24.8 Å². The summed E-state index contributed by atoms with van der Waals surface area (Å²) in [5.41, 5.74) is 1.77. The topological polar surface area (TPSA) is 113 Å². The van der Waals surface area contributed by atoms with E-state index in [0.717, 1.165) is 16.1 Å². The minimum atomic E-state index is -3.80. The van der Waals surface area contributed by atoms with E-state index in [1.54, 1.807) is 49.4 Å². The lowest BCUT2D eigenvalue weighted by Crippen LogP contribution is -2.37. The molecule has 174 valence electrons. The predicted molar refractivity (Wildman–Crippen MR) is 131 cm³/mol. The highest BCUT2D eigenvalue weighted by molar-refractivity contribution is 7.92. The summed E-state index contributed by atoms with van der Waals surface area (Å²) >= 11 is 6.10. The van der Waals surface area contributed by atoms with Crippen molar-refractivity contribution in [2.24, 2.45) is 0 Å². The second-order valence-electron chi connectivity index (χ2n) is 7.25. The van der Waals surface area contributed by atoms with Gasteiger partial charge in [-0.25, -0.2) is 16.8 Å². The molecule has 2 N–H and O–H groups in total. The lowest BCUT2D eigenvalue weighted by Gasteiger charge is -2.22. The highest BCUT2D eigenvalue weighted by Crippen LogP contribution is 2.25. The van der Waals surface area contributed by atoms with Gasteiger partial charge in [-0.05, 0) is 61.0 Å². The standard InChI is InChI=1S/C22H22ClN3O5S2/c1-16-8-11-19(14-21(16)23)26(32(2,28)29)15-22(27)24-17-9-12-20(13-10-17)33(30,31)25-18-6-4-3-5-7-18/h3-14,25H,15H2,1-2H3,(H,24,27). The summed E-state index contributed by atoms with van der Waals surface area (Å²) in [6.07, 6.45) is 0.993. The average molecular weight is 508 g/mol. The maximum Gasteiger partial charge on any atom is 0.261 e. The van der Waals surface area contributed by atoms with Crippen molar-refractivity contribution in [1.82, 2.24) is 0 Å². The number of nitrogens with one attached hydrogen (secondary N) is 2. The van der Waals surface area contributed by atoms with E-state index in [9.17, 15) is 21.6 Å². The molecule has 0 radical (unpaired) electrons. The monoisotopic (exact) mass is 507 g/mol. The zero-order valence-electron chi connectivity index (χ0n) is 17.8. The van der Waals surface area contributed by atoms with Gasteiger partial charge in [0.15, 0.2) is 0 Å². The molecule has 0 heterocycles. The number of aryl methyl sites for hydroxylation is 1. The van der Waals surface area contributed by atoms with E-state index >= 15 is 0 Å². The van der Waals surface area contributed by atoms with E-state index in [0.29, 0.717) is 16.4 Å². The fourth-order valence-corrected chi connectivity index (χ4v) is 4.99. The van der Waals surface area contributed by atoms with Crippen molar-refractivity contribution in [2.45, 2.75) is 11.8 Å². The van der Waals surface area contributed by atoms with Gasteiger partial charge in [0.05, 0.1) is 16.8 Å². The molecule has 0 aliphatic rings. The van der Waals surface area contributed by atoms with Crippen molar-refractivity contribution in [3.8, 4) is 0 Å². The summed E-state index contributed by atoms with van der Waals surface area (Å²) in [7, 11) is -7.57. The van der Waals surface area contributed by atoms with Crippen molar-refractivity contribution in [3.05, 3.63) is 83.4 Å². The molecule has 0 bridgehead atoms. The molecule has 0 fully saturated rings. The number of amides is 1. The molecular formula is C22H22ClN3O5S2. The number of para-hydroxylation sites is 1. The number of hydrogen-bond donors (Lipinski definition) is 2. The minimum Gasteiger partial charge on any atom is -0.325 e. The van der Waals surface area contributed by atoms with Crippen molar-refractivity contribution in [2.75, 3.05) is 27.1 Å². The summed E-state index contributed by atoms with van der Waals surface area (Å²) < 4.78 is 52.9. The van der Waals surface area contributed by atoms with E-state index in [-0.39, 0.29) is 10.6 Å². The number of nitrogens with zero attached hydrogens (tertiary/aromatic N) is 1. The summed E-state index contributed by atoms with van der Waals surface area (Å²) in [6, 6.07) is 18.7. The Balaban J connectivity index is 1.72. The highest BCUT2D eigenvalue weighted by atomic mass is 35.5. The van der Waals surface area contributed by atoms with Gasteiger partial charge in [-0.2, -0.15) is 0 Å². The van der Waals surface area contributed by atoms with Crippen LogP contribution in [0, 0.1) is 6.92 Å². The Morgan fingerprint density at radius 2 is 1.55 bits per heavy atom. The van der Waals surface area contributed by atoms with Crippen LogP contribution in [0.2, 0.25) is 5.02 Å². The first-order valence-electron chi connectivity index (χ1n) is 9.67. The van der Waals surface area contributed by atoms with Crippen LogP contribution in [-0.4, -0.2) is 35.5 Å². The van der Waals surface area contributed by atoms with Crippen LogP contribution in [0.15, 0.2) is 77.7 Å². The molecule has 0 aliphatic heterocycles. The van der Waals surface area contributed by atoms with Crippen molar-refractivity contribution < 1.29 is 21.6 Å². The number of sulfonamides is 2. The van der Waals surface area contributed by atoms with Gasteiger partial charge in [-0.1, -0.05) is 35.9 Å². The van der Waals surface area contributed by atoms with Gasteiger partial charge >= 0.3 is 0 Å². The molecule has 0 spiro atoms. The van der Waals surface area contributed by atoms with Crippen LogP contribution in [0.5, 0.6) is 0 Å². The number of halogens is 1. The largest absolute Gasteiger partial charge is 0.325 e. The van der Waals surface area contributed by atoms with Crippen LogP contribution in [0.25, 0.3) is 0 Å². The lowest BCUT2D eigenvalue weighted by atomic mass is 10.2. The van der Waals surface area contributed by atoms with Gasteiger partial charge in [-0.15, -0.1) is 0 Å². The lowest BCUT2D eigenvalue weighted by molar-refractivity contribution is -0.114. The highest BCUT2D eigenvalue weighted by Gasteiger charge is 2.22. The summed E-state index contributed by atoms with van der Waals surface area (Å²) in [4.78, 5) is 12.5. The number of anilines is 3. The molecule has 33 heavy (non-hydrogen) atoms. The maximum atomic E-state index is 12.5. The van der Waals surface area contributed by atoms with Gasteiger partial charge in [0.1, 0.15) is 6.54 Å². The first-order chi connectivity index (χ1) is 15.5. The molecule has 0 unspecified atom stereocenters. The Morgan fingerprint density at radius 1 is 0.909 bits per heavy atom. The van der Waals surface area contributed by atoms with E-state index < -0.39 is 32.5 Å². The Bertz CT molecular complexity index is 1360. The predicted octanol–water partition coefficient (Wildman–Crippen LogP) is 3.85. The molecule has 0 atom stereocenters. The molecule has 3 aromatic carbocycles. The molecule has 3 rings (SSSR count). The maximum absolute atomic E-state index is 12.5. The normalized spacial score (nSPS) is 11.6. The summed E-state index contributed by atoms with van der Waals surface area (Å²) in [6.45, 7) is 1.30. The number of hydrogen-bond acceptors (Lipinski definition) is 5. The first-order valence-corrected chi connectivity index (χ1v) is 13.4. The summed E-state index contributed by atoms with van der Waals surface area (Å²) in [5.74, 6) is -0.602. The Morgan fingerprint density at radius 3 is 2.12 bits per heavy atom. The fraction of sp³-hybridized carbons (Fsp3) is 0.136. The van der Waals surface area contributed by atoms with Crippen LogP contribution in [0.4, 0.5) is 17.1 Å². The van der Waals surface area contributed by atoms with E-state index in [1.165, 1.54) is 30.3 Å². The molecule has 8 nitrogen and oxygen atoms in total. The van der Waals surface area contributed by atoms with E-state index in [1.807, 2.05) is 0 Å². The average Bonchev–Trinajstić information content (AvgIpc) is 2.74. The second kappa shape index (κ2) is 9.82. The van der Waals surface area contributed by atoms with Crippen molar-refractivity contribution >= 4 is 54.6 Å². The molecular weight excluding hydrogens is 486 g/mol. The third-order valence-corrected chi connectivity index (χ3v) is 7.55. The van der Waals surface area contributed by atoms with Gasteiger partial charge in [0.2, 0.25) is 15.9 Å². The number of rotatable bonds is 8.